The molecule has 0 aliphatic heterocycles. The molecule has 0 saturated heterocycles. The van der Waals surface area contributed by atoms with Crippen LogP contribution in [0.2, 0.25) is 13.1 Å². The normalized spacial score (nSPS) is 10.8. The lowest BCUT2D eigenvalue weighted by atomic mass is 10.8. The summed E-state index contributed by atoms with van der Waals surface area (Å²) in [4.78, 5) is 26.9. The van der Waals surface area contributed by atoms with Crippen LogP contribution < -0.4 is 0 Å². The monoisotopic (exact) mass is 260 g/mol. The Bertz CT molecular complexity index is 277. The molecular weight excluding hydrogens is 236 g/mol. The second kappa shape index (κ2) is 5.39. The van der Waals surface area contributed by atoms with Gasteiger partial charge in [0.2, 0.25) is 0 Å². The largest absolute Gasteiger partial charge is 0.336 e. The third-order valence-corrected chi connectivity index (χ3v) is 6.65. The Morgan fingerprint density at radius 2 is 0.941 bits per heavy atom. The first-order chi connectivity index (χ1) is 7.53. The maximum Gasteiger partial charge on any atom is 0.312 e. The molecule has 0 aromatic carbocycles. The van der Waals surface area contributed by atoms with E-state index < -0.39 is 8.40 Å². The number of urea groups is 2. The van der Waals surface area contributed by atoms with E-state index in [4.69, 9.17) is 0 Å². The van der Waals surface area contributed by atoms with Gasteiger partial charge >= 0.3 is 12.1 Å². The molecule has 0 bridgehead atoms. The molecule has 0 aromatic rings. The minimum atomic E-state index is -2.28. The molecule has 4 amide bonds. The van der Waals surface area contributed by atoms with Crippen molar-refractivity contribution < 1.29 is 9.59 Å². The van der Waals surface area contributed by atoms with Crippen LogP contribution in [0.25, 0.3) is 0 Å². The summed E-state index contributed by atoms with van der Waals surface area (Å²) in [5.41, 5.74) is 0. The zero-order chi connectivity index (χ0) is 14.0. The highest BCUT2D eigenvalue weighted by molar-refractivity contribution is 6.75. The molecule has 0 aromatic heterocycles. The van der Waals surface area contributed by atoms with Gasteiger partial charge in [-0.3, -0.25) is 0 Å². The molecular formula is C10H24N4O2Si. The molecule has 0 aliphatic rings. The Hall–Kier alpha value is -1.24. The Labute approximate surface area is 105 Å². The average Bonchev–Trinajstić information content (AvgIpc) is 2.24. The maximum atomic E-state index is 11.9. The first-order valence-electron chi connectivity index (χ1n) is 5.43. The molecule has 0 spiro atoms. The third-order valence-electron chi connectivity index (χ3n) is 2.98. The highest BCUT2D eigenvalue weighted by Crippen LogP contribution is 2.15. The number of hydrogen-bond acceptors (Lipinski definition) is 2. The van der Waals surface area contributed by atoms with Crippen molar-refractivity contribution in [3.05, 3.63) is 0 Å². The molecule has 0 unspecified atom stereocenters. The number of carbonyl (C=O) groups excluding carboxylic acids is 2. The fourth-order valence-corrected chi connectivity index (χ4v) is 3.08. The Morgan fingerprint density at radius 3 is 1.12 bits per heavy atom. The van der Waals surface area contributed by atoms with Crippen molar-refractivity contribution in [1.82, 2.24) is 18.9 Å². The van der Waals surface area contributed by atoms with E-state index in [1.54, 1.807) is 51.4 Å². The summed E-state index contributed by atoms with van der Waals surface area (Å²) in [6.45, 7) is 3.94. The second-order valence-corrected chi connectivity index (χ2v) is 9.30. The minimum Gasteiger partial charge on any atom is -0.336 e. The van der Waals surface area contributed by atoms with Crippen molar-refractivity contribution in [2.75, 3.05) is 42.3 Å². The van der Waals surface area contributed by atoms with E-state index in [-0.39, 0.29) is 12.1 Å². The molecule has 0 rings (SSSR count). The van der Waals surface area contributed by atoms with Crippen molar-refractivity contribution >= 4 is 20.5 Å². The molecule has 6 nitrogen and oxygen atoms in total. The molecule has 17 heavy (non-hydrogen) atoms. The molecule has 0 radical (unpaired) electrons. The summed E-state index contributed by atoms with van der Waals surface area (Å²) in [5, 5.41) is 0. The lowest BCUT2D eigenvalue weighted by molar-refractivity contribution is 0.189. The fourth-order valence-electron chi connectivity index (χ4n) is 1.29. The van der Waals surface area contributed by atoms with Crippen LogP contribution in [0.15, 0.2) is 0 Å². The van der Waals surface area contributed by atoms with Crippen molar-refractivity contribution in [3.63, 3.8) is 0 Å². The molecule has 0 heterocycles. The minimum absolute atomic E-state index is 0.0833. The van der Waals surface area contributed by atoms with Crippen LogP contribution in [0, 0.1) is 0 Å². The molecule has 0 atom stereocenters. The summed E-state index contributed by atoms with van der Waals surface area (Å²) in [7, 11) is 8.03. The maximum absolute atomic E-state index is 11.9. The molecule has 0 fully saturated rings. The molecule has 0 N–H and O–H groups in total. The van der Waals surface area contributed by atoms with Gasteiger partial charge in [-0.1, -0.05) is 0 Å². The zero-order valence-corrected chi connectivity index (χ0v) is 13.1. The van der Waals surface area contributed by atoms with Crippen molar-refractivity contribution in [2.45, 2.75) is 13.1 Å². The Morgan fingerprint density at radius 1 is 0.706 bits per heavy atom. The van der Waals surface area contributed by atoms with E-state index in [1.807, 2.05) is 13.1 Å². The molecule has 0 saturated carbocycles. The van der Waals surface area contributed by atoms with Crippen LogP contribution in [0.3, 0.4) is 0 Å². The predicted octanol–water partition coefficient (Wildman–Crippen LogP) is 0.915. The van der Waals surface area contributed by atoms with Crippen LogP contribution in [-0.2, 0) is 0 Å². The van der Waals surface area contributed by atoms with Crippen molar-refractivity contribution in [2.24, 2.45) is 0 Å². The first-order valence-corrected chi connectivity index (χ1v) is 8.33. The number of rotatable bonds is 2. The molecule has 100 valence electrons. The van der Waals surface area contributed by atoms with Crippen molar-refractivity contribution in [1.29, 1.82) is 0 Å². The molecule has 0 aliphatic carbocycles. The molecule has 7 heteroatoms. The standard InChI is InChI=1S/C10H24N4O2Si/c1-11(2)9(15)13(5)17(7,8)14(6)10(16)12(3)4/h1-8H3. The summed E-state index contributed by atoms with van der Waals surface area (Å²) in [6.07, 6.45) is 0. The lowest BCUT2D eigenvalue weighted by Crippen LogP contribution is -2.65. The highest BCUT2D eigenvalue weighted by atomic mass is 28.3. The number of hydrogen-bond donors (Lipinski definition) is 0. The van der Waals surface area contributed by atoms with E-state index in [2.05, 4.69) is 0 Å². The predicted molar refractivity (Wildman–Crippen MR) is 71.2 cm³/mol. The quantitative estimate of drug-likeness (QED) is 0.693. The Kier molecular flexibility index (Phi) is 5.00. The lowest BCUT2D eigenvalue weighted by Gasteiger charge is -2.42. The average molecular weight is 260 g/mol. The zero-order valence-electron chi connectivity index (χ0n) is 12.1. The first kappa shape index (κ1) is 15.8. The van der Waals surface area contributed by atoms with E-state index in [1.165, 1.54) is 9.80 Å². The van der Waals surface area contributed by atoms with Crippen LogP contribution >= 0.6 is 0 Å². The smallest absolute Gasteiger partial charge is 0.312 e. The number of carbonyl (C=O) groups is 2. The summed E-state index contributed by atoms with van der Waals surface area (Å²) >= 11 is 0. The van der Waals surface area contributed by atoms with Gasteiger partial charge in [0.05, 0.1) is 0 Å². The van der Waals surface area contributed by atoms with E-state index in [0.717, 1.165) is 0 Å². The van der Waals surface area contributed by atoms with E-state index in [9.17, 15) is 9.59 Å². The van der Waals surface area contributed by atoms with Gasteiger partial charge in [0, 0.05) is 42.3 Å². The van der Waals surface area contributed by atoms with Gasteiger partial charge in [0.1, 0.15) is 0 Å². The third kappa shape index (κ3) is 3.35. The summed E-state index contributed by atoms with van der Waals surface area (Å²) in [6, 6.07) is -0.167. The number of nitrogens with zero attached hydrogens (tertiary/aromatic N) is 4. The van der Waals surface area contributed by atoms with Crippen LogP contribution in [-0.4, -0.2) is 81.7 Å². The SMILES string of the molecule is CN(C)C(=O)N(C)[Si](C)(C)N(C)C(=O)N(C)C. The van der Waals surface area contributed by atoms with Gasteiger partial charge in [-0.2, -0.15) is 0 Å². The Balaban J connectivity index is 5.00. The summed E-state index contributed by atoms with van der Waals surface area (Å²) < 4.78 is 3.35. The van der Waals surface area contributed by atoms with E-state index >= 15 is 0 Å². The van der Waals surface area contributed by atoms with Gasteiger partial charge in [-0.15, -0.1) is 0 Å². The number of amides is 4. The van der Waals surface area contributed by atoms with Gasteiger partial charge in [0.15, 0.2) is 0 Å². The van der Waals surface area contributed by atoms with Gasteiger partial charge in [0.25, 0.3) is 8.40 Å². The topological polar surface area (TPSA) is 47.1 Å². The second-order valence-electron chi connectivity index (χ2n) is 4.97. The van der Waals surface area contributed by atoms with E-state index in [0.29, 0.717) is 0 Å². The summed E-state index contributed by atoms with van der Waals surface area (Å²) in [5.74, 6) is 0. The van der Waals surface area contributed by atoms with Gasteiger partial charge in [-0.25, -0.2) is 9.59 Å². The van der Waals surface area contributed by atoms with Crippen LogP contribution in [0.5, 0.6) is 0 Å². The van der Waals surface area contributed by atoms with Gasteiger partial charge in [-0.05, 0) is 13.1 Å². The van der Waals surface area contributed by atoms with Gasteiger partial charge < -0.3 is 18.9 Å². The highest BCUT2D eigenvalue weighted by Gasteiger charge is 2.39. The fraction of sp³-hybridized carbons (Fsp3) is 0.800. The van der Waals surface area contributed by atoms with Crippen molar-refractivity contribution in [3.8, 4) is 0 Å². The van der Waals surface area contributed by atoms with Crippen LogP contribution in [0.4, 0.5) is 9.59 Å². The van der Waals surface area contributed by atoms with Crippen LogP contribution in [0.1, 0.15) is 0 Å².